The number of aromatic nitrogens is 1. The van der Waals surface area contributed by atoms with Gasteiger partial charge in [0, 0.05) is 30.6 Å². The van der Waals surface area contributed by atoms with Crippen molar-refractivity contribution in [3.63, 3.8) is 0 Å². The lowest BCUT2D eigenvalue weighted by Gasteiger charge is -2.20. The lowest BCUT2D eigenvalue weighted by Crippen LogP contribution is -2.31. The number of benzene rings is 1. The van der Waals surface area contributed by atoms with Gasteiger partial charge in [-0.1, -0.05) is 12.8 Å². The molecular weight excluding hydrogens is 359 g/mol. The van der Waals surface area contributed by atoms with Gasteiger partial charge in [-0.15, -0.1) is 0 Å². The van der Waals surface area contributed by atoms with E-state index in [9.17, 15) is 14.3 Å². The maximum absolute atomic E-state index is 14.7. The molecule has 5 nitrogen and oxygen atoms in total. The second-order valence-corrected chi connectivity index (χ2v) is 7.93. The molecule has 1 fully saturated rings. The second-order valence-electron chi connectivity index (χ2n) is 7.93. The van der Waals surface area contributed by atoms with Gasteiger partial charge in [0.1, 0.15) is 17.1 Å². The van der Waals surface area contributed by atoms with Crippen LogP contribution in [0.25, 0.3) is 10.9 Å². The number of hydrogen-bond acceptors (Lipinski definition) is 3. The summed E-state index contributed by atoms with van der Waals surface area (Å²) in [5.74, 6) is 0.351. The quantitative estimate of drug-likeness (QED) is 0.749. The van der Waals surface area contributed by atoms with Crippen LogP contribution in [0, 0.1) is 12.7 Å². The van der Waals surface area contributed by atoms with Crippen molar-refractivity contribution < 1.29 is 19.0 Å². The number of carboxylic acid groups (broad SMARTS) is 1. The number of hydrogen-bond donors (Lipinski definition) is 1. The summed E-state index contributed by atoms with van der Waals surface area (Å²) in [5, 5.41) is 9.83. The molecule has 1 amide bonds. The zero-order valence-corrected chi connectivity index (χ0v) is 16.3. The molecule has 1 aromatic carbocycles. The average molecular weight is 386 g/mol. The Bertz CT molecular complexity index is 891. The smallest absolute Gasteiger partial charge is 0.407 e. The molecule has 0 atom stereocenters. The summed E-state index contributed by atoms with van der Waals surface area (Å²) in [7, 11) is 0. The van der Waals surface area contributed by atoms with Gasteiger partial charge in [-0.05, 0) is 62.3 Å². The molecule has 1 aromatic heterocycles. The van der Waals surface area contributed by atoms with Gasteiger partial charge < -0.3 is 14.7 Å². The van der Waals surface area contributed by atoms with Crippen LogP contribution in [0.4, 0.5) is 9.18 Å². The van der Waals surface area contributed by atoms with E-state index >= 15 is 0 Å². The topological polar surface area (TPSA) is 62.7 Å². The van der Waals surface area contributed by atoms with E-state index < -0.39 is 6.09 Å². The minimum Gasteiger partial charge on any atom is -0.488 e. The van der Waals surface area contributed by atoms with E-state index in [0.29, 0.717) is 42.6 Å². The molecule has 1 saturated carbocycles. The van der Waals surface area contributed by atoms with Crippen LogP contribution in [0.2, 0.25) is 0 Å². The lowest BCUT2D eigenvalue weighted by atomic mass is 9.98. The highest BCUT2D eigenvalue weighted by molar-refractivity contribution is 5.89. The van der Waals surface area contributed by atoms with Crippen LogP contribution in [0.3, 0.4) is 0 Å². The van der Waals surface area contributed by atoms with Crippen molar-refractivity contribution in [2.75, 3.05) is 13.1 Å². The lowest BCUT2D eigenvalue weighted by molar-refractivity contribution is 0.147. The van der Waals surface area contributed by atoms with E-state index in [1.807, 2.05) is 6.92 Å². The summed E-state index contributed by atoms with van der Waals surface area (Å²) >= 11 is 0. The Morgan fingerprint density at radius 1 is 1.18 bits per heavy atom. The fraction of sp³-hybridized carbons (Fsp3) is 0.545. The molecule has 0 saturated heterocycles. The standard InChI is InChI=1S/C22H27FN2O3/c1-14-16-10-12-25(22(26)27)13-11-18(16)24-21-19(9-8-17(23)20(14)21)28-15-6-4-2-3-5-7-15/h8-9,15H,2-7,10-13H2,1H3,(H,26,27). The van der Waals surface area contributed by atoms with E-state index in [2.05, 4.69) is 0 Å². The zero-order chi connectivity index (χ0) is 19.7. The molecule has 0 radical (unpaired) electrons. The van der Waals surface area contributed by atoms with Gasteiger partial charge in [-0.2, -0.15) is 0 Å². The number of pyridine rings is 1. The summed E-state index contributed by atoms with van der Waals surface area (Å²) in [6, 6.07) is 3.16. The first-order chi connectivity index (χ1) is 13.5. The summed E-state index contributed by atoms with van der Waals surface area (Å²) in [6.45, 7) is 2.74. The molecule has 150 valence electrons. The van der Waals surface area contributed by atoms with Crippen LogP contribution in [0.1, 0.15) is 55.3 Å². The normalized spacial score (nSPS) is 18.4. The van der Waals surface area contributed by atoms with Crippen molar-refractivity contribution in [2.45, 2.75) is 64.4 Å². The van der Waals surface area contributed by atoms with Crippen molar-refractivity contribution in [3.8, 4) is 5.75 Å². The number of aryl methyl sites for hydroxylation is 1. The molecule has 6 heteroatoms. The summed E-state index contributed by atoms with van der Waals surface area (Å²) in [6.07, 6.45) is 7.20. The van der Waals surface area contributed by atoms with Crippen molar-refractivity contribution >= 4 is 17.0 Å². The molecule has 1 N–H and O–H groups in total. The molecule has 4 rings (SSSR count). The predicted molar refractivity (Wildman–Crippen MR) is 106 cm³/mol. The van der Waals surface area contributed by atoms with Gasteiger partial charge >= 0.3 is 6.09 Å². The van der Waals surface area contributed by atoms with Gasteiger partial charge in [-0.3, -0.25) is 0 Å². The van der Waals surface area contributed by atoms with Crippen LogP contribution in [0.15, 0.2) is 12.1 Å². The fourth-order valence-corrected chi connectivity index (χ4v) is 4.55. The first-order valence-corrected chi connectivity index (χ1v) is 10.3. The van der Waals surface area contributed by atoms with Crippen LogP contribution in [-0.4, -0.2) is 40.3 Å². The summed E-state index contributed by atoms with van der Waals surface area (Å²) in [5.41, 5.74) is 3.27. The number of amides is 1. The second kappa shape index (κ2) is 7.94. The molecule has 0 bridgehead atoms. The molecule has 0 spiro atoms. The molecule has 1 aliphatic carbocycles. The highest BCUT2D eigenvalue weighted by atomic mass is 19.1. The number of nitrogens with zero attached hydrogens (tertiary/aromatic N) is 2. The predicted octanol–water partition coefficient (Wildman–Crippen LogP) is 4.86. The number of rotatable bonds is 2. The molecule has 2 aliphatic rings. The molecule has 2 aromatic rings. The number of carbonyl (C=O) groups is 1. The van der Waals surface area contributed by atoms with E-state index in [1.165, 1.54) is 23.8 Å². The SMILES string of the molecule is Cc1c2c(nc3c(OC4CCCCCC4)ccc(F)c13)CCN(C(=O)O)CC2. The Hall–Kier alpha value is -2.37. The van der Waals surface area contributed by atoms with Crippen molar-refractivity contribution in [3.05, 3.63) is 34.8 Å². The first-order valence-electron chi connectivity index (χ1n) is 10.3. The van der Waals surface area contributed by atoms with E-state index in [-0.39, 0.29) is 11.9 Å². The van der Waals surface area contributed by atoms with Crippen LogP contribution in [0.5, 0.6) is 5.75 Å². The zero-order valence-electron chi connectivity index (χ0n) is 16.3. The molecule has 0 unspecified atom stereocenters. The number of ether oxygens (including phenoxy) is 1. The summed E-state index contributed by atoms with van der Waals surface area (Å²) in [4.78, 5) is 17.6. The Kier molecular flexibility index (Phi) is 5.38. The van der Waals surface area contributed by atoms with Gasteiger partial charge in [0.25, 0.3) is 0 Å². The van der Waals surface area contributed by atoms with Gasteiger partial charge in [0.05, 0.1) is 6.10 Å². The molecular formula is C22H27FN2O3. The van der Waals surface area contributed by atoms with E-state index in [4.69, 9.17) is 9.72 Å². The Morgan fingerprint density at radius 2 is 1.89 bits per heavy atom. The Morgan fingerprint density at radius 3 is 2.61 bits per heavy atom. The minimum absolute atomic E-state index is 0.152. The highest BCUT2D eigenvalue weighted by Crippen LogP contribution is 2.34. The van der Waals surface area contributed by atoms with Crippen LogP contribution >= 0.6 is 0 Å². The van der Waals surface area contributed by atoms with Crippen LogP contribution in [-0.2, 0) is 12.8 Å². The Labute approximate surface area is 164 Å². The van der Waals surface area contributed by atoms with Crippen molar-refractivity contribution in [1.82, 2.24) is 9.88 Å². The van der Waals surface area contributed by atoms with E-state index in [1.54, 1.807) is 6.07 Å². The maximum Gasteiger partial charge on any atom is 0.407 e. The summed E-state index contributed by atoms with van der Waals surface area (Å²) < 4.78 is 21.1. The Balaban J connectivity index is 1.74. The van der Waals surface area contributed by atoms with Gasteiger partial charge in [0.2, 0.25) is 0 Å². The van der Waals surface area contributed by atoms with Crippen molar-refractivity contribution in [1.29, 1.82) is 0 Å². The number of halogens is 1. The maximum atomic E-state index is 14.7. The van der Waals surface area contributed by atoms with E-state index in [0.717, 1.165) is 42.5 Å². The number of fused-ring (bicyclic) bond motifs is 2. The molecule has 2 heterocycles. The third-order valence-corrected chi connectivity index (χ3v) is 6.13. The third kappa shape index (κ3) is 3.64. The molecule has 28 heavy (non-hydrogen) atoms. The third-order valence-electron chi connectivity index (χ3n) is 6.13. The van der Waals surface area contributed by atoms with Crippen molar-refractivity contribution in [2.24, 2.45) is 0 Å². The van der Waals surface area contributed by atoms with Crippen LogP contribution < -0.4 is 4.74 Å². The monoisotopic (exact) mass is 386 g/mol. The van der Waals surface area contributed by atoms with Gasteiger partial charge in [0.15, 0.2) is 0 Å². The largest absolute Gasteiger partial charge is 0.488 e. The fourth-order valence-electron chi connectivity index (χ4n) is 4.55. The first kappa shape index (κ1) is 19.0. The molecule has 1 aliphatic heterocycles. The highest BCUT2D eigenvalue weighted by Gasteiger charge is 2.24. The average Bonchev–Trinajstić information content (AvgIpc) is 3.05. The minimum atomic E-state index is -0.918. The van der Waals surface area contributed by atoms with Gasteiger partial charge in [-0.25, -0.2) is 14.2 Å².